The predicted molar refractivity (Wildman–Crippen MR) is 96.3 cm³/mol. The topological polar surface area (TPSA) is 12.0 Å². The molecule has 2 aromatic rings. The molecule has 23 heavy (non-hydrogen) atoms. The number of allylic oxidation sites excluding steroid dienone is 2. The van der Waals surface area contributed by atoms with Crippen molar-refractivity contribution in [1.29, 1.82) is 0 Å². The van der Waals surface area contributed by atoms with E-state index in [1.54, 1.807) is 6.07 Å². The van der Waals surface area contributed by atoms with Crippen molar-refractivity contribution in [1.82, 2.24) is 0 Å². The number of hydrogen-bond donors (Lipinski definition) is 1. The molecule has 3 heteroatoms. The van der Waals surface area contributed by atoms with Crippen LogP contribution in [0.4, 0.5) is 10.1 Å². The Morgan fingerprint density at radius 2 is 2.00 bits per heavy atom. The van der Waals surface area contributed by atoms with Gasteiger partial charge in [0.2, 0.25) is 0 Å². The number of nitrogens with one attached hydrogen (secondary N) is 1. The van der Waals surface area contributed by atoms with Gasteiger partial charge in [-0.25, -0.2) is 4.39 Å². The lowest BCUT2D eigenvalue weighted by molar-refractivity contribution is 0.420. The first-order chi connectivity index (χ1) is 11.2. The molecule has 1 aliphatic carbocycles. The third-order valence-corrected chi connectivity index (χ3v) is 5.59. The van der Waals surface area contributed by atoms with E-state index in [4.69, 9.17) is 0 Å². The van der Waals surface area contributed by atoms with Crippen LogP contribution in [0.15, 0.2) is 53.0 Å². The second-order valence-corrected chi connectivity index (χ2v) is 7.34. The lowest BCUT2D eigenvalue weighted by Crippen LogP contribution is -2.29. The van der Waals surface area contributed by atoms with Crippen molar-refractivity contribution in [3.63, 3.8) is 0 Å². The number of hydrogen-bond acceptors (Lipinski definition) is 1. The molecule has 1 aliphatic heterocycles. The smallest absolute Gasteiger partial charge is 0.147 e. The van der Waals surface area contributed by atoms with Crippen molar-refractivity contribution in [2.45, 2.75) is 31.7 Å². The number of fused-ring (bicyclic) bond motifs is 3. The van der Waals surface area contributed by atoms with Crippen molar-refractivity contribution in [3.8, 4) is 0 Å². The van der Waals surface area contributed by atoms with Crippen LogP contribution in [0.2, 0.25) is 0 Å². The van der Waals surface area contributed by atoms with E-state index in [-0.39, 0.29) is 17.8 Å². The minimum Gasteiger partial charge on any atom is -0.375 e. The van der Waals surface area contributed by atoms with E-state index in [1.807, 2.05) is 0 Å². The molecular weight excluding hydrogens is 353 g/mol. The fraction of sp³-hybridized carbons (Fsp3) is 0.300. The molecule has 0 fully saturated rings. The minimum atomic E-state index is -0.177. The van der Waals surface area contributed by atoms with Crippen LogP contribution in [-0.2, 0) is 6.42 Å². The average molecular weight is 372 g/mol. The van der Waals surface area contributed by atoms with Gasteiger partial charge >= 0.3 is 0 Å². The molecule has 1 heterocycles. The van der Waals surface area contributed by atoms with Gasteiger partial charge in [0.25, 0.3) is 0 Å². The van der Waals surface area contributed by atoms with Gasteiger partial charge in [-0.15, -0.1) is 0 Å². The summed E-state index contributed by atoms with van der Waals surface area (Å²) in [5.74, 6) is 0.557. The van der Waals surface area contributed by atoms with Crippen LogP contribution in [0.3, 0.4) is 0 Å². The Bertz CT molecular complexity index is 766. The molecular formula is C20H19BrFN. The maximum atomic E-state index is 14.5. The summed E-state index contributed by atoms with van der Waals surface area (Å²) in [4.78, 5) is 0. The van der Waals surface area contributed by atoms with Crippen LogP contribution in [0.5, 0.6) is 0 Å². The lowest BCUT2D eigenvalue weighted by Gasteiger charge is -2.37. The molecule has 0 radical (unpaired) electrons. The Morgan fingerprint density at radius 3 is 2.74 bits per heavy atom. The normalized spacial score (nSPS) is 24.9. The van der Waals surface area contributed by atoms with Crippen molar-refractivity contribution < 1.29 is 4.39 Å². The number of aryl methyl sites for hydroxylation is 1. The largest absolute Gasteiger partial charge is 0.375 e. The van der Waals surface area contributed by atoms with Crippen LogP contribution in [-0.4, -0.2) is 0 Å². The van der Waals surface area contributed by atoms with Crippen LogP contribution >= 0.6 is 15.9 Å². The highest BCUT2D eigenvalue weighted by Crippen LogP contribution is 2.51. The SMILES string of the molecule is CCc1ccc([C@@H]2Nc3c(F)cc(Br)cc3[C@H]3C=CC[C@@H]32)cc1. The zero-order chi connectivity index (χ0) is 16.0. The first-order valence-corrected chi connectivity index (χ1v) is 8.97. The standard InChI is InChI=1S/C20H19BrFN/c1-2-12-6-8-13(9-7-12)19-16-5-3-4-15(16)17-10-14(21)11-18(22)20(17)23-19/h3-4,6-11,15-16,19,23H,2,5H2,1H3/t15-,16-,19-/m0/s1. The maximum Gasteiger partial charge on any atom is 0.147 e. The van der Waals surface area contributed by atoms with Gasteiger partial charge in [0, 0.05) is 10.4 Å². The van der Waals surface area contributed by atoms with Gasteiger partial charge in [-0.05, 0) is 47.6 Å². The molecule has 2 aliphatic rings. The third-order valence-electron chi connectivity index (χ3n) is 5.13. The van der Waals surface area contributed by atoms with E-state index in [9.17, 15) is 4.39 Å². The van der Waals surface area contributed by atoms with Crippen LogP contribution in [0.25, 0.3) is 0 Å². The summed E-state index contributed by atoms with van der Waals surface area (Å²) in [6, 6.07) is 12.5. The van der Waals surface area contributed by atoms with Crippen molar-refractivity contribution in [2.24, 2.45) is 5.92 Å². The Hall–Kier alpha value is -1.61. The van der Waals surface area contributed by atoms with Crippen LogP contribution in [0.1, 0.15) is 42.0 Å². The lowest BCUT2D eigenvalue weighted by atomic mass is 9.77. The Kier molecular flexibility index (Phi) is 3.76. The van der Waals surface area contributed by atoms with Gasteiger partial charge in [-0.3, -0.25) is 0 Å². The molecule has 0 aromatic heterocycles. The summed E-state index contributed by atoms with van der Waals surface area (Å²) in [6.07, 6.45) is 6.55. The molecule has 118 valence electrons. The van der Waals surface area contributed by atoms with E-state index in [2.05, 4.69) is 70.7 Å². The molecule has 0 saturated heterocycles. The van der Waals surface area contributed by atoms with Gasteiger partial charge < -0.3 is 5.32 Å². The Balaban J connectivity index is 1.78. The highest BCUT2D eigenvalue weighted by Gasteiger charge is 2.39. The average Bonchev–Trinajstić information content (AvgIpc) is 3.04. The quantitative estimate of drug-likeness (QED) is 0.640. The molecule has 2 aromatic carbocycles. The van der Waals surface area contributed by atoms with E-state index < -0.39 is 0 Å². The Morgan fingerprint density at radius 1 is 1.22 bits per heavy atom. The van der Waals surface area contributed by atoms with Gasteiger partial charge in [0.05, 0.1) is 11.7 Å². The van der Waals surface area contributed by atoms with E-state index in [1.165, 1.54) is 11.1 Å². The fourth-order valence-electron chi connectivity index (χ4n) is 3.91. The molecule has 4 rings (SSSR count). The van der Waals surface area contributed by atoms with Gasteiger partial charge in [-0.2, -0.15) is 0 Å². The number of halogens is 2. The fourth-order valence-corrected chi connectivity index (χ4v) is 4.36. The highest BCUT2D eigenvalue weighted by atomic mass is 79.9. The molecule has 1 N–H and O–H groups in total. The second kappa shape index (κ2) is 5.79. The van der Waals surface area contributed by atoms with Gasteiger partial charge in [0.15, 0.2) is 0 Å². The van der Waals surface area contributed by atoms with Gasteiger partial charge in [-0.1, -0.05) is 59.3 Å². The van der Waals surface area contributed by atoms with Crippen molar-refractivity contribution in [2.75, 3.05) is 5.32 Å². The molecule has 0 amide bonds. The van der Waals surface area contributed by atoms with Gasteiger partial charge in [0.1, 0.15) is 5.82 Å². The number of benzene rings is 2. The summed E-state index contributed by atoms with van der Waals surface area (Å²) in [5.41, 5.74) is 4.30. The van der Waals surface area contributed by atoms with E-state index in [0.29, 0.717) is 11.6 Å². The van der Waals surface area contributed by atoms with Crippen LogP contribution in [0, 0.1) is 11.7 Å². The monoisotopic (exact) mass is 371 g/mol. The summed E-state index contributed by atoms with van der Waals surface area (Å²) in [6.45, 7) is 2.16. The van der Waals surface area contributed by atoms with E-state index in [0.717, 1.165) is 22.9 Å². The third kappa shape index (κ3) is 2.51. The molecule has 0 unspecified atom stereocenters. The Labute approximate surface area is 144 Å². The highest BCUT2D eigenvalue weighted by molar-refractivity contribution is 9.10. The summed E-state index contributed by atoms with van der Waals surface area (Å²) in [5, 5.41) is 3.48. The molecule has 1 nitrogen and oxygen atoms in total. The number of rotatable bonds is 2. The summed E-state index contributed by atoms with van der Waals surface area (Å²) >= 11 is 3.42. The van der Waals surface area contributed by atoms with Crippen molar-refractivity contribution >= 4 is 21.6 Å². The zero-order valence-electron chi connectivity index (χ0n) is 13.0. The summed E-state index contributed by atoms with van der Waals surface area (Å²) < 4.78 is 15.3. The molecule has 3 atom stereocenters. The maximum absolute atomic E-state index is 14.5. The second-order valence-electron chi connectivity index (χ2n) is 6.42. The molecule has 0 bridgehead atoms. The molecule has 0 spiro atoms. The van der Waals surface area contributed by atoms with Crippen molar-refractivity contribution in [3.05, 3.63) is 75.5 Å². The predicted octanol–water partition coefficient (Wildman–Crippen LogP) is 5.98. The summed E-state index contributed by atoms with van der Waals surface area (Å²) in [7, 11) is 0. The number of anilines is 1. The zero-order valence-corrected chi connectivity index (χ0v) is 14.6. The first-order valence-electron chi connectivity index (χ1n) is 8.18. The molecule has 0 saturated carbocycles. The van der Waals surface area contributed by atoms with E-state index >= 15 is 0 Å². The first kappa shape index (κ1) is 14.9. The van der Waals surface area contributed by atoms with Crippen LogP contribution < -0.4 is 5.32 Å². The minimum absolute atomic E-state index is 0.157.